The third-order valence-corrected chi connectivity index (χ3v) is 3.35. The standard InChI is InChI=1S/C16H14N2O3/c1-21-9-12-4-2-3-5-14(12)18-10-17-13-8-11(16(19)20)6-7-15(13)18/h2-8,10H,9H2,1H3,(H,19,20). The largest absolute Gasteiger partial charge is 0.478 e. The van der Waals surface area contributed by atoms with E-state index in [1.807, 2.05) is 28.8 Å². The molecule has 0 aliphatic rings. The van der Waals surface area contributed by atoms with Gasteiger partial charge in [-0.25, -0.2) is 9.78 Å². The lowest BCUT2D eigenvalue weighted by Crippen LogP contribution is -2.00. The van der Waals surface area contributed by atoms with Crippen LogP contribution in [-0.4, -0.2) is 27.7 Å². The van der Waals surface area contributed by atoms with E-state index in [2.05, 4.69) is 4.98 Å². The van der Waals surface area contributed by atoms with Crippen molar-refractivity contribution in [2.45, 2.75) is 6.61 Å². The van der Waals surface area contributed by atoms with Gasteiger partial charge in [0.05, 0.1) is 28.9 Å². The topological polar surface area (TPSA) is 64.4 Å². The minimum atomic E-state index is -0.953. The van der Waals surface area contributed by atoms with E-state index in [9.17, 15) is 4.79 Å². The summed E-state index contributed by atoms with van der Waals surface area (Å²) < 4.78 is 7.16. The van der Waals surface area contributed by atoms with Crippen LogP contribution >= 0.6 is 0 Å². The van der Waals surface area contributed by atoms with Crippen LogP contribution in [0.4, 0.5) is 0 Å². The van der Waals surface area contributed by atoms with Gasteiger partial charge >= 0.3 is 5.97 Å². The Balaban J connectivity index is 2.15. The summed E-state index contributed by atoms with van der Waals surface area (Å²) in [7, 11) is 1.65. The van der Waals surface area contributed by atoms with Crippen molar-refractivity contribution in [3.05, 3.63) is 59.9 Å². The lowest BCUT2D eigenvalue weighted by atomic mass is 10.1. The first kappa shape index (κ1) is 13.3. The molecule has 106 valence electrons. The summed E-state index contributed by atoms with van der Waals surface area (Å²) in [4.78, 5) is 15.3. The zero-order valence-electron chi connectivity index (χ0n) is 11.5. The first-order valence-corrected chi connectivity index (χ1v) is 6.48. The van der Waals surface area contributed by atoms with E-state index >= 15 is 0 Å². The lowest BCUT2D eigenvalue weighted by Gasteiger charge is -2.10. The van der Waals surface area contributed by atoms with Crippen LogP contribution in [0.25, 0.3) is 16.7 Å². The maximum Gasteiger partial charge on any atom is 0.335 e. The van der Waals surface area contributed by atoms with Crippen LogP contribution in [0.15, 0.2) is 48.8 Å². The number of carboxylic acids is 1. The molecule has 3 rings (SSSR count). The summed E-state index contributed by atoms with van der Waals surface area (Å²) in [6, 6.07) is 12.8. The number of imidazole rings is 1. The number of para-hydroxylation sites is 1. The highest BCUT2D eigenvalue weighted by Crippen LogP contribution is 2.22. The van der Waals surface area contributed by atoms with Crippen LogP contribution in [-0.2, 0) is 11.3 Å². The van der Waals surface area contributed by atoms with Crippen LogP contribution in [0, 0.1) is 0 Å². The Hall–Kier alpha value is -2.66. The summed E-state index contributed by atoms with van der Waals surface area (Å²) in [5.74, 6) is -0.953. The lowest BCUT2D eigenvalue weighted by molar-refractivity contribution is 0.0697. The number of hydrogen-bond acceptors (Lipinski definition) is 3. The summed E-state index contributed by atoms with van der Waals surface area (Å²) in [6.45, 7) is 0.503. The van der Waals surface area contributed by atoms with Gasteiger partial charge in [0.2, 0.25) is 0 Å². The number of methoxy groups -OCH3 is 1. The summed E-state index contributed by atoms with van der Waals surface area (Å²) in [5, 5.41) is 9.03. The minimum Gasteiger partial charge on any atom is -0.478 e. The average Bonchev–Trinajstić information content (AvgIpc) is 2.91. The van der Waals surface area contributed by atoms with Crippen LogP contribution in [0.2, 0.25) is 0 Å². The predicted molar refractivity (Wildman–Crippen MR) is 78.7 cm³/mol. The maximum absolute atomic E-state index is 11.0. The molecule has 1 N–H and O–H groups in total. The highest BCUT2D eigenvalue weighted by atomic mass is 16.5. The molecular weight excluding hydrogens is 268 g/mol. The van der Waals surface area contributed by atoms with Crippen molar-refractivity contribution in [1.29, 1.82) is 0 Å². The first-order chi connectivity index (χ1) is 10.2. The summed E-state index contributed by atoms with van der Waals surface area (Å²) in [5.41, 5.74) is 3.77. The third kappa shape index (κ3) is 2.39. The van der Waals surface area contributed by atoms with Gasteiger partial charge < -0.3 is 9.84 Å². The van der Waals surface area contributed by atoms with E-state index < -0.39 is 5.97 Å². The van der Waals surface area contributed by atoms with Crippen molar-refractivity contribution >= 4 is 17.0 Å². The second kappa shape index (κ2) is 5.38. The van der Waals surface area contributed by atoms with Crippen molar-refractivity contribution in [1.82, 2.24) is 9.55 Å². The molecule has 5 heteroatoms. The van der Waals surface area contributed by atoms with E-state index in [1.165, 1.54) is 0 Å². The molecule has 0 bridgehead atoms. The average molecular weight is 282 g/mol. The van der Waals surface area contributed by atoms with Crippen LogP contribution in [0.3, 0.4) is 0 Å². The molecule has 0 saturated heterocycles. The molecule has 0 amide bonds. The van der Waals surface area contributed by atoms with Gasteiger partial charge in [-0.05, 0) is 24.3 Å². The molecule has 0 radical (unpaired) electrons. The Morgan fingerprint density at radius 3 is 2.86 bits per heavy atom. The molecule has 2 aromatic carbocycles. The highest BCUT2D eigenvalue weighted by molar-refractivity contribution is 5.92. The van der Waals surface area contributed by atoms with Gasteiger partial charge in [0.15, 0.2) is 0 Å². The van der Waals surface area contributed by atoms with E-state index in [4.69, 9.17) is 9.84 Å². The smallest absolute Gasteiger partial charge is 0.335 e. The molecule has 0 aliphatic heterocycles. The Morgan fingerprint density at radius 1 is 1.29 bits per heavy atom. The number of nitrogens with zero attached hydrogens (tertiary/aromatic N) is 2. The molecule has 21 heavy (non-hydrogen) atoms. The number of benzene rings is 2. The van der Waals surface area contributed by atoms with Crippen molar-refractivity contribution in [2.75, 3.05) is 7.11 Å². The molecule has 0 aliphatic carbocycles. The fraction of sp³-hybridized carbons (Fsp3) is 0.125. The second-order valence-electron chi connectivity index (χ2n) is 4.68. The normalized spacial score (nSPS) is 10.9. The van der Waals surface area contributed by atoms with Crippen molar-refractivity contribution in [3.8, 4) is 5.69 Å². The van der Waals surface area contributed by atoms with E-state index in [1.54, 1.807) is 31.6 Å². The first-order valence-electron chi connectivity index (χ1n) is 6.48. The number of aromatic carboxylic acids is 1. The summed E-state index contributed by atoms with van der Waals surface area (Å²) in [6.07, 6.45) is 1.70. The fourth-order valence-electron chi connectivity index (χ4n) is 2.36. The molecule has 0 unspecified atom stereocenters. The predicted octanol–water partition coefficient (Wildman–Crippen LogP) is 2.87. The van der Waals surface area contributed by atoms with E-state index in [0.717, 1.165) is 16.8 Å². The minimum absolute atomic E-state index is 0.234. The molecule has 0 atom stereocenters. The zero-order chi connectivity index (χ0) is 14.8. The Bertz CT molecular complexity index is 808. The SMILES string of the molecule is COCc1ccccc1-n1cnc2cc(C(=O)O)ccc21. The molecular formula is C16H14N2O3. The Kier molecular flexibility index (Phi) is 3.41. The number of ether oxygens (including phenoxy) is 1. The highest BCUT2D eigenvalue weighted by Gasteiger charge is 2.11. The molecule has 0 spiro atoms. The van der Waals surface area contributed by atoms with E-state index in [0.29, 0.717) is 12.1 Å². The third-order valence-electron chi connectivity index (χ3n) is 3.35. The van der Waals surface area contributed by atoms with Gasteiger partial charge in [-0.2, -0.15) is 0 Å². The van der Waals surface area contributed by atoms with Crippen LogP contribution in [0.5, 0.6) is 0 Å². The van der Waals surface area contributed by atoms with Crippen molar-refractivity contribution < 1.29 is 14.6 Å². The molecule has 5 nitrogen and oxygen atoms in total. The van der Waals surface area contributed by atoms with Gasteiger partial charge in [-0.1, -0.05) is 18.2 Å². The molecule has 0 fully saturated rings. The van der Waals surface area contributed by atoms with Crippen LogP contribution in [0.1, 0.15) is 15.9 Å². The Morgan fingerprint density at radius 2 is 2.10 bits per heavy atom. The number of carboxylic acid groups (broad SMARTS) is 1. The fourth-order valence-corrected chi connectivity index (χ4v) is 2.36. The molecule has 1 aromatic heterocycles. The summed E-state index contributed by atoms with van der Waals surface area (Å²) >= 11 is 0. The maximum atomic E-state index is 11.0. The number of aromatic nitrogens is 2. The molecule has 1 heterocycles. The van der Waals surface area contributed by atoms with Gasteiger partial charge in [0.25, 0.3) is 0 Å². The van der Waals surface area contributed by atoms with Gasteiger partial charge in [-0.15, -0.1) is 0 Å². The number of carbonyl (C=O) groups is 1. The van der Waals surface area contributed by atoms with Crippen LogP contribution < -0.4 is 0 Å². The number of rotatable bonds is 4. The van der Waals surface area contributed by atoms with Gasteiger partial charge in [0.1, 0.15) is 6.33 Å². The van der Waals surface area contributed by atoms with Crippen molar-refractivity contribution in [3.63, 3.8) is 0 Å². The zero-order valence-corrected chi connectivity index (χ0v) is 11.5. The Labute approximate surface area is 121 Å². The van der Waals surface area contributed by atoms with E-state index in [-0.39, 0.29) is 5.56 Å². The number of hydrogen-bond donors (Lipinski definition) is 1. The van der Waals surface area contributed by atoms with Gasteiger partial charge in [-0.3, -0.25) is 4.57 Å². The number of fused-ring (bicyclic) bond motifs is 1. The quantitative estimate of drug-likeness (QED) is 0.799. The van der Waals surface area contributed by atoms with Gasteiger partial charge in [0, 0.05) is 12.7 Å². The second-order valence-corrected chi connectivity index (χ2v) is 4.68. The molecule has 0 saturated carbocycles. The van der Waals surface area contributed by atoms with Crippen molar-refractivity contribution in [2.24, 2.45) is 0 Å². The monoisotopic (exact) mass is 282 g/mol. The molecule has 3 aromatic rings.